The molecule has 0 aromatic rings. The minimum absolute atomic E-state index is 0.0159. The summed E-state index contributed by atoms with van der Waals surface area (Å²) < 4.78 is 10.9. The number of ether oxygens (including phenoxy) is 2. The number of hydrogen-bond acceptors (Lipinski definition) is 5. The fourth-order valence-electron chi connectivity index (χ4n) is 4.51. The van der Waals surface area contributed by atoms with Crippen LogP contribution in [0.5, 0.6) is 0 Å². The van der Waals surface area contributed by atoms with Gasteiger partial charge in [-0.25, -0.2) is 4.79 Å². The normalized spacial score (nSPS) is 43.8. The lowest BCUT2D eigenvalue weighted by Crippen LogP contribution is -2.56. The molecular formula is C17H22O5. The highest BCUT2D eigenvalue weighted by Crippen LogP contribution is 2.56. The van der Waals surface area contributed by atoms with Gasteiger partial charge in [-0.2, -0.15) is 0 Å². The van der Waals surface area contributed by atoms with Crippen molar-refractivity contribution in [1.29, 1.82) is 0 Å². The quantitative estimate of drug-likeness (QED) is 0.454. The summed E-state index contributed by atoms with van der Waals surface area (Å²) >= 11 is 0. The van der Waals surface area contributed by atoms with Gasteiger partial charge < -0.3 is 14.6 Å². The van der Waals surface area contributed by atoms with E-state index in [9.17, 15) is 14.7 Å². The number of carbonyl (C=O) groups excluding carboxylic acids is 2. The Bertz CT molecular complexity index is 578. The summed E-state index contributed by atoms with van der Waals surface area (Å²) in [6.07, 6.45) is 1.37. The van der Waals surface area contributed by atoms with Gasteiger partial charge in [-0.15, -0.1) is 0 Å². The lowest BCUT2D eigenvalue weighted by atomic mass is 9.55. The van der Waals surface area contributed by atoms with Gasteiger partial charge in [-0.05, 0) is 25.7 Å². The Morgan fingerprint density at radius 1 is 1.55 bits per heavy atom. The van der Waals surface area contributed by atoms with E-state index in [4.69, 9.17) is 9.47 Å². The topological polar surface area (TPSA) is 72.8 Å². The summed E-state index contributed by atoms with van der Waals surface area (Å²) in [4.78, 5) is 23.2. The Balaban J connectivity index is 1.98. The first-order chi connectivity index (χ1) is 10.2. The van der Waals surface area contributed by atoms with E-state index >= 15 is 0 Å². The van der Waals surface area contributed by atoms with Gasteiger partial charge in [0.05, 0.1) is 0 Å². The number of hydrogen-bond donors (Lipinski definition) is 1. The molecule has 2 aliphatic carbocycles. The summed E-state index contributed by atoms with van der Waals surface area (Å²) in [7, 11) is 0. The van der Waals surface area contributed by atoms with Crippen LogP contribution in [-0.4, -0.2) is 35.4 Å². The molecule has 120 valence electrons. The van der Waals surface area contributed by atoms with Crippen molar-refractivity contribution in [3.8, 4) is 0 Å². The second-order valence-electron chi connectivity index (χ2n) is 7.01. The van der Waals surface area contributed by atoms with E-state index in [-0.39, 0.29) is 23.9 Å². The average Bonchev–Trinajstić information content (AvgIpc) is 2.67. The first-order valence-corrected chi connectivity index (χ1v) is 7.67. The maximum absolute atomic E-state index is 11.8. The zero-order valence-corrected chi connectivity index (χ0v) is 13.2. The predicted molar refractivity (Wildman–Crippen MR) is 78.7 cm³/mol. The van der Waals surface area contributed by atoms with Crippen LogP contribution >= 0.6 is 0 Å². The minimum atomic E-state index is -0.831. The van der Waals surface area contributed by atoms with Crippen molar-refractivity contribution < 1.29 is 24.2 Å². The van der Waals surface area contributed by atoms with Crippen LogP contribution in [0.3, 0.4) is 0 Å². The first-order valence-electron chi connectivity index (χ1n) is 7.67. The van der Waals surface area contributed by atoms with E-state index in [0.717, 1.165) is 12.0 Å². The SMILES string of the molecule is C=C1C(=O)OC2CC3(C)C(CC12)C(C)=CC(O)C3OC(C)=O. The highest BCUT2D eigenvalue weighted by atomic mass is 16.6. The van der Waals surface area contributed by atoms with E-state index < -0.39 is 23.6 Å². The van der Waals surface area contributed by atoms with Gasteiger partial charge in [0.2, 0.25) is 0 Å². The summed E-state index contributed by atoms with van der Waals surface area (Å²) in [5, 5.41) is 10.4. The number of carbonyl (C=O) groups is 2. The Hall–Kier alpha value is -1.62. The van der Waals surface area contributed by atoms with Crippen molar-refractivity contribution in [1.82, 2.24) is 0 Å². The molecule has 5 heteroatoms. The molecule has 0 aromatic heterocycles. The van der Waals surface area contributed by atoms with E-state index in [2.05, 4.69) is 6.58 Å². The van der Waals surface area contributed by atoms with Crippen LogP contribution in [0.1, 0.15) is 33.6 Å². The van der Waals surface area contributed by atoms with Crippen molar-refractivity contribution in [2.75, 3.05) is 0 Å². The monoisotopic (exact) mass is 306 g/mol. The molecule has 6 unspecified atom stereocenters. The van der Waals surface area contributed by atoms with Gasteiger partial charge in [0.25, 0.3) is 0 Å². The molecule has 5 nitrogen and oxygen atoms in total. The highest BCUT2D eigenvalue weighted by molar-refractivity contribution is 5.90. The molecule has 6 atom stereocenters. The van der Waals surface area contributed by atoms with E-state index in [1.807, 2.05) is 13.8 Å². The van der Waals surface area contributed by atoms with Crippen molar-refractivity contribution in [2.24, 2.45) is 17.3 Å². The molecule has 22 heavy (non-hydrogen) atoms. The van der Waals surface area contributed by atoms with Crippen molar-refractivity contribution in [2.45, 2.75) is 51.9 Å². The van der Waals surface area contributed by atoms with E-state index in [0.29, 0.717) is 12.0 Å². The lowest BCUT2D eigenvalue weighted by molar-refractivity contribution is -0.176. The number of aliphatic hydroxyl groups is 1. The first kappa shape index (κ1) is 15.3. The Morgan fingerprint density at radius 3 is 2.86 bits per heavy atom. The van der Waals surface area contributed by atoms with Crippen LogP contribution in [0.25, 0.3) is 0 Å². The van der Waals surface area contributed by atoms with Gasteiger partial charge in [0, 0.05) is 23.8 Å². The second kappa shape index (κ2) is 4.95. The van der Waals surface area contributed by atoms with Crippen LogP contribution in [0.4, 0.5) is 0 Å². The van der Waals surface area contributed by atoms with E-state index in [1.54, 1.807) is 6.08 Å². The van der Waals surface area contributed by atoms with Gasteiger partial charge in [0.1, 0.15) is 18.3 Å². The maximum Gasteiger partial charge on any atom is 0.334 e. The van der Waals surface area contributed by atoms with Gasteiger partial charge in [-0.1, -0.05) is 25.2 Å². The molecule has 1 saturated carbocycles. The number of rotatable bonds is 1. The smallest absolute Gasteiger partial charge is 0.334 e. The summed E-state index contributed by atoms with van der Waals surface area (Å²) in [6, 6.07) is 0. The zero-order valence-electron chi connectivity index (χ0n) is 13.2. The molecule has 0 aromatic carbocycles. The number of allylic oxidation sites excluding steroid dienone is 1. The van der Waals surface area contributed by atoms with Crippen LogP contribution in [0.2, 0.25) is 0 Å². The molecule has 2 fully saturated rings. The maximum atomic E-state index is 11.8. The van der Waals surface area contributed by atoms with Gasteiger partial charge in [-0.3, -0.25) is 4.79 Å². The van der Waals surface area contributed by atoms with Crippen LogP contribution in [0.15, 0.2) is 23.8 Å². The van der Waals surface area contributed by atoms with Gasteiger partial charge in [0.15, 0.2) is 0 Å². The Kier molecular flexibility index (Phi) is 3.44. The molecule has 1 saturated heterocycles. The number of fused-ring (bicyclic) bond motifs is 2. The molecule has 0 spiro atoms. The molecule has 0 amide bonds. The minimum Gasteiger partial charge on any atom is -0.459 e. The molecule has 1 heterocycles. The molecule has 0 bridgehead atoms. The molecule has 3 rings (SSSR count). The van der Waals surface area contributed by atoms with E-state index in [1.165, 1.54) is 6.92 Å². The third-order valence-electron chi connectivity index (χ3n) is 5.58. The highest BCUT2D eigenvalue weighted by Gasteiger charge is 2.58. The lowest BCUT2D eigenvalue weighted by Gasteiger charge is -2.52. The Labute approximate surface area is 130 Å². The molecule has 1 N–H and O–H groups in total. The zero-order chi connectivity index (χ0) is 16.2. The molecule has 0 radical (unpaired) electrons. The molecule has 1 aliphatic heterocycles. The fraction of sp³-hybridized carbons (Fsp3) is 0.647. The van der Waals surface area contributed by atoms with Crippen LogP contribution < -0.4 is 0 Å². The summed E-state index contributed by atoms with van der Waals surface area (Å²) in [5.74, 6) is -0.592. The third kappa shape index (κ3) is 2.10. The number of esters is 2. The summed E-state index contributed by atoms with van der Waals surface area (Å²) in [5.41, 5.74) is 1.16. The van der Waals surface area contributed by atoms with Crippen LogP contribution in [-0.2, 0) is 19.1 Å². The van der Waals surface area contributed by atoms with Crippen LogP contribution in [0, 0.1) is 17.3 Å². The molecule has 3 aliphatic rings. The fourth-order valence-corrected chi connectivity index (χ4v) is 4.51. The summed E-state index contributed by atoms with van der Waals surface area (Å²) in [6.45, 7) is 9.20. The molecular weight excluding hydrogens is 284 g/mol. The number of aliphatic hydroxyl groups excluding tert-OH is 1. The standard InChI is InChI=1S/C17H22O5/c1-8-5-13(19)15(21-10(3)18)17(4)7-14-11(6-12(8)17)9(2)16(20)22-14/h5,11-15,19H,2,6-7H2,1,3-4H3. The Morgan fingerprint density at radius 2 is 2.23 bits per heavy atom. The predicted octanol–water partition coefficient (Wildman–Crippen LogP) is 1.75. The largest absolute Gasteiger partial charge is 0.459 e. The second-order valence-corrected chi connectivity index (χ2v) is 7.01. The van der Waals surface area contributed by atoms with Crippen molar-refractivity contribution in [3.05, 3.63) is 23.8 Å². The van der Waals surface area contributed by atoms with Gasteiger partial charge >= 0.3 is 11.9 Å². The average molecular weight is 306 g/mol. The van der Waals surface area contributed by atoms with Crippen molar-refractivity contribution in [3.63, 3.8) is 0 Å². The third-order valence-corrected chi connectivity index (χ3v) is 5.58. The van der Waals surface area contributed by atoms with Crippen molar-refractivity contribution >= 4 is 11.9 Å².